The Hall–Kier alpha value is -2.99. The summed E-state index contributed by atoms with van der Waals surface area (Å²) in [5.41, 5.74) is 2.47. The van der Waals surface area contributed by atoms with Gasteiger partial charge in [-0.05, 0) is 41.8 Å². The van der Waals surface area contributed by atoms with Crippen LogP contribution in [0.25, 0.3) is 0 Å². The summed E-state index contributed by atoms with van der Waals surface area (Å²) in [7, 11) is 3.09. The van der Waals surface area contributed by atoms with Crippen LogP contribution in [0.15, 0.2) is 54.6 Å². The van der Waals surface area contributed by atoms with E-state index in [0.29, 0.717) is 30.0 Å². The van der Waals surface area contributed by atoms with Crippen molar-refractivity contribution in [2.75, 3.05) is 20.8 Å². The van der Waals surface area contributed by atoms with Crippen molar-refractivity contribution in [3.63, 3.8) is 0 Å². The SMILES string of the molecule is COc1cc2c(cc1OC)C(c1cccc(F)c1F)N(Cc1ccccc1F)CC2. The van der Waals surface area contributed by atoms with Crippen LogP contribution in [0, 0.1) is 17.5 Å². The van der Waals surface area contributed by atoms with E-state index < -0.39 is 17.7 Å². The van der Waals surface area contributed by atoms with Gasteiger partial charge in [0.15, 0.2) is 23.1 Å². The number of fused-ring (bicyclic) bond motifs is 1. The molecule has 0 fully saturated rings. The van der Waals surface area contributed by atoms with E-state index >= 15 is 0 Å². The van der Waals surface area contributed by atoms with Crippen LogP contribution in [0.2, 0.25) is 0 Å². The Morgan fingerprint density at radius 1 is 0.867 bits per heavy atom. The zero-order valence-electron chi connectivity index (χ0n) is 16.8. The minimum atomic E-state index is -0.911. The first-order valence-electron chi connectivity index (χ1n) is 9.69. The molecular weight excluding hydrogens is 391 g/mol. The Kier molecular flexibility index (Phi) is 5.68. The number of halogens is 3. The average molecular weight is 413 g/mol. The second kappa shape index (κ2) is 8.40. The van der Waals surface area contributed by atoms with Gasteiger partial charge in [0, 0.05) is 24.2 Å². The number of benzene rings is 3. The molecule has 0 spiro atoms. The molecule has 0 saturated carbocycles. The van der Waals surface area contributed by atoms with E-state index in [1.165, 1.54) is 19.2 Å². The van der Waals surface area contributed by atoms with Crippen molar-refractivity contribution in [3.8, 4) is 11.5 Å². The molecule has 0 aromatic heterocycles. The first-order chi connectivity index (χ1) is 14.5. The highest BCUT2D eigenvalue weighted by Crippen LogP contribution is 2.42. The molecule has 0 aliphatic carbocycles. The largest absolute Gasteiger partial charge is 0.493 e. The molecule has 0 N–H and O–H groups in total. The molecule has 1 heterocycles. The number of methoxy groups -OCH3 is 2. The van der Waals surface area contributed by atoms with Gasteiger partial charge in [-0.2, -0.15) is 0 Å². The first kappa shape index (κ1) is 20.3. The van der Waals surface area contributed by atoms with Gasteiger partial charge in [-0.15, -0.1) is 0 Å². The molecular formula is C24H22F3NO2. The van der Waals surface area contributed by atoms with Gasteiger partial charge in [-0.3, -0.25) is 4.90 Å². The Bertz CT molecular complexity index is 1070. The predicted octanol–water partition coefficient (Wildman–Crippen LogP) is 5.27. The standard InChI is InChI=1S/C24H22F3NO2/c1-29-21-12-15-10-11-28(14-16-6-3-4-8-19(16)25)24(18(15)13-22(21)30-2)17-7-5-9-20(26)23(17)27/h3-9,12-13,24H,10-11,14H2,1-2H3. The van der Waals surface area contributed by atoms with Crippen molar-refractivity contribution < 1.29 is 22.6 Å². The van der Waals surface area contributed by atoms with Gasteiger partial charge in [-0.1, -0.05) is 30.3 Å². The molecule has 0 amide bonds. The molecule has 1 aliphatic heterocycles. The van der Waals surface area contributed by atoms with Gasteiger partial charge in [-0.25, -0.2) is 13.2 Å². The zero-order chi connectivity index (χ0) is 21.3. The summed E-state index contributed by atoms with van der Waals surface area (Å²) in [6.45, 7) is 0.818. The summed E-state index contributed by atoms with van der Waals surface area (Å²) >= 11 is 0. The molecule has 1 aliphatic rings. The van der Waals surface area contributed by atoms with Crippen LogP contribution in [0.4, 0.5) is 13.2 Å². The van der Waals surface area contributed by atoms with Gasteiger partial charge in [0.2, 0.25) is 0 Å². The summed E-state index contributed by atoms with van der Waals surface area (Å²) in [5, 5.41) is 0. The summed E-state index contributed by atoms with van der Waals surface area (Å²) < 4.78 is 54.1. The Morgan fingerprint density at radius 2 is 1.57 bits per heavy atom. The highest BCUT2D eigenvalue weighted by molar-refractivity contribution is 5.52. The Morgan fingerprint density at radius 3 is 2.30 bits per heavy atom. The monoisotopic (exact) mass is 413 g/mol. The van der Waals surface area contributed by atoms with E-state index in [2.05, 4.69) is 0 Å². The lowest BCUT2D eigenvalue weighted by atomic mass is 9.87. The van der Waals surface area contributed by atoms with E-state index in [9.17, 15) is 13.2 Å². The van der Waals surface area contributed by atoms with Gasteiger partial charge < -0.3 is 9.47 Å². The summed E-state index contributed by atoms with van der Waals surface area (Å²) in [4.78, 5) is 1.96. The molecule has 1 unspecified atom stereocenters. The quantitative estimate of drug-likeness (QED) is 0.569. The molecule has 0 bridgehead atoms. The van der Waals surface area contributed by atoms with E-state index in [4.69, 9.17) is 9.47 Å². The fraction of sp³-hybridized carbons (Fsp3) is 0.250. The van der Waals surface area contributed by atoms with Crippen LogP contribution in [0.1, 0.15) is 28.3 Å². The Labute approximate surface area is 173 Å². The number of rotatable bonds is 5. The third-order valence-electron chi connectivity index (χ3n) is 5.58. The van der Waals surface area contributed by atoms with Gasteiger partial charge in [0.1, 0.15) is 5.82 Å². The number of nitrogens with zero attached hydrogens (tertiary/aromatic N) is 1. The van der Waals surface area contributed by atoms with E-state index in [1.807, 2.05) is 11.0 Å². The lowest BCUT2D eigenvalue weighted by Gasteiger charge is -2.38. The van der Waals surface area contributed by atoms with Crippen LogP contribution in [0.3, 0.4) is 0 Å². The van der Waals surface area contributed by atoms with Crippen molar-refractivity contribution in [3.05, 3.63) is 94.3 Å². The van der Waals surface area contributed by atoms with Crippen LogP contribution < -0.4 is 9.47 Å². The molecule has 0 saturated heterocycles. The molecule has 1 atom stereocenters. The maximum absolute atomic E-state index is 14.9. The van der Waals surface area contributed by atoms with Gasteiger partial charge in [0.25, 0.3) is 0 Å². The highest BCUT2D eigenvalue weighted by atomic mass is 19.2. The molecule has 30 heavy (non-hydrogen) atoms. The van der Waals surface area contributed by atoms with Crippen molar-refractivity contribution in [2.45, 2.75) is 19.0 Å². The van der Waals surface area contributed by atoms with E-state index in [-0.39, 0.29) is 17.9 Å². The van der Waals surface area contributed by atoms with Gasteiger partial charge in [0.05, 0.1) is 20.3 Å². The lowest BCUT2D eigenvalue weighted by molar-refractivity contribution is 0.196. The molecule has 3 aromatic rings. The summed E-state index contributed by atoms with van der Waals surface area (Å²) in [6, 6.07) is 13.7. The van der Waals surface area contributed by atoms with Crippen LogP contribution in [0.5, 0.6) is 11.5 Å². The second-order valence-corrected chi connectivity index (χ2v) is 7.26. The summed E-state index contributed by atoms with van der Waals surface area (Å²) in [5.74, 6) is -1.05. The van der Waals surface area contributed by atoms with E-state index in [0.717, 1.165) is 17.2 Å². The van der Waals surface area contributed by atoms with Crippen molar-refractivity contribution in [1.82, 2.24) is 4.90 Å². The third-order valence-corrected chi connectivity index (χ3v) is 5.58. The van der Waals surface area contributed by atoms with Crippen LogP contribution >= 0.6 is 0 Å². The minimum absolute atomic E-state index is 0.208. The summed E-state index contributed by atoms with van der Waals surface area (Å²) in [6.07, 6.45) is 0.664. The van der Waals surface area contributed by atoms with Crippen molar-refractivity contribution in [2.24, 2.45) is 0 Å². The third kappa shape index (κ3) is 3.63. The molecule has 156 valence electrons. The average Bonchev–Trinajstić information content (AvgIpc) is 2.76. The predicted molar refractivity (Wildman–Crippen MR) is 108 cm³/mol. The first-order valence-corrected chi connectivity index (χ1v) is 9.69. The van der Waals surface area contributed by atoms with Crippen LogP contribution in [-0.2, 0) is 13.0 Å². The molecule has 3 aromatic carbocycles. The molecule has 4 rings (SSSR count). The van der Waals surface area contributed by atoms with Crippen molar-refractivity contribution >= 4 is 0 Å². The number of hydrogen-bond acceptors (Lipinski definition) is 3. The second-order valence-electron chi connectivity index (χ2n) is 7.26. The Balaban J connectivity index is 1.86. The number of ether oxygens (including phenoxy) is 2. The van der Waals surface area contributed by atoms with Crippen molar-refractivity contribution in [1.29, 1.82) is 0 Å². The molecule has 3 nitrogen and oxygen atoms in total. The molecule has 6 heteroatoms. The topological polar surface area (TPSA) is 21.7 Å². The van der Waals surface area contributed by atoms with Gasteiger partial charge >= 0.3 is 0 Å². The molecule has 0 radical (unpaired) electrons. The zero-order valence-corrected chi connectivity index (χ0v) is 16.8. The maximum Gasteiger partial charge on any atom is 0.163 e. The fourth-order valence-electron chi connectivity index (χ4n) is 4.11. The van der Waals surface area contributed by atoms with Crippen LogP contribution in [-0.4, -0.2) is 25.7 Å². The highest BCUT2D eigenvalue weighted by Gasteiger charge is 2.33. The fourth-order valence-corrected chi connectivity index (χ4v) is 4.11. The van der Waals surface area contributed by atoms with E-state index in [1.54, 1.807) is 37.4 Å². The minimum Gasteiger partial charge on any atom is -0.493 e. The number of hydrogen-bond donors (Lipinski definition) is 0. The normalized spacial score (nSPS) is 16.2. The smallest absolute Gasteiger partial charge is 0.163 e. The maximum atomic E-state index is 14.9. The lowest BCUT2D eigenvalue weighted by Crippen LogP contribution is -2.36.